The van der Waals surface area contributed by atoms with Gasteiger partial charge in [0.15, 0.2) is 0 Å². The predicted octanol–water partition coefficient (Wildman–Crippen LogP) is 3.54. The van der Waals surface area contributed by atoms with E-state index in [0.717, 1.165) is 30.4 Å². The second-order valence-electron chi connectivity index (χ2n) is 5.58. The lowest BCUT2D eigenvalue weighted by Gasteiger charge is -2.00. The van der Waals surface area contributed by atoms with Crippen LogP contribution in [0.4, 0.5) is 0 Å². The van der Waals surface area contributed by atoms with Crippen molar-refractivity contribution in [3.05, 3.63) is 71.1 Å². The lowest BCUT2D eigenvalue weighted by atomic mass is 10.1. The first-order valence-electron chi connectivity index (χ1n) is 7.98. The van der Waals surface area contributed by atoms with Crippen molar-refractivity contribution in [3.8, 4) is 11.4 Å². The SMILES string of the molecule is CCc1ccc(CCc2nc(-c3ccc(CN)cc3)no2)cc1. The molecule has 1 aromatic heterocycles. The van der Waals surface area contributed by atoms with E-state index in [4.69, 9.17) is 10.3 Å². The quantitative estimate of drug-likeness (QED) is 0.756. The van der Waals surface area contributed by atoms with E-state index in [2.05, 4.69) is 41.3 Å². The predicted molar refractivity (Wildman–Crippen MR) is 90.9 cm³/mol. The van der Waals surface area contributed by atoms with E-state index in [0.29, 0.717) is 18.3 Å². The minimum atomic E-state index is 0.536. The Balaban J connectivity index is 1.64. The van der Waals surface area contributed by atoms with Crippen LogP contribution < -0.4 is 5.73 Å². The molecule has 0 spiro atoms. The first-order valence-corrected chi connectivity index (χ1v) is 7.98. The van der Waals surface area contributed by atoms with Crippen LogP contribution in [0.2, 0.25) is 0 Å². The van der Waals surface area contributed by atoms with Crippen LogP contribution in [0.5, 0.6) is 0 Å². The van der Waals surface area contributed by atoms with Crippen LogP contribution in [-0.4, -0.2) is 10.1 Å². The maximum Gasteiger partial charge on any atom is 0.227 e. The largest absolute Gasteiger partial charge is 0.339 e. The third kappa shape index (κ3) is 3.85. The summed E-state index contributed by atoms with van der Waals surface area (Å²) in [6.07, 6.45) is 2.72. The molecule has 118 valence electrons. The van der Waals surface area contributed by atoms with Crippen molar-refractivity contribution in [1.82, 2.24) is 10.1 Å². The molecule has 4 nitrogen and oxygen atoms in total. The van der Waals surface area contributed by atoms with E-state index >= 15 is 0 Å². The number of aryl methyl sites for hydroxylation is 3. The number of hydrogen-bond donors (Lipinski definition) is 1. The zero-order valence-corrected chi connectivity index (χ0v) is 13.3. The first kappa shape index (κ1) is 15.4. The van der Waals surface area contributed by atoms with Gasteiger partial charge in [-0.25, -0.2) is 0 Å². The Bertz CT molecular complexity index is 745. The maximum atomic E-state index is 5.61. The summed E-state index contributed by atoms with van der Waals surface area (Å²) in [5.74, 6) is 1.30. The summed E-state index contributed by atoms with van der Waals surface area (Å²) in [7, 11) is 0. The number of rotatable bonds is 6. The monoisotopic (exact) mass is 307 g/mol. The van der Waals surface area contributed by atoms with Gasteiger partial charge < -0.3 is 10.3 Å². The minimum absolute atomic E-state index is 0.536. The Morgan fingerprint density at radius 1 is 0.870 bits per heavy atom. The van der Waals surface area contributed by atoms with Crippen LogP contribution in [-0.2, 0) is 25.8 Å². The third-order valence-corrected chi connectivity index (χ3v) is 3.97. The van der Waals surface area contributed by atoms with Crippen LogP contribution in [0.15, 0.2) is 53.1 Å². The van der Waals surface area contributed by atoms with E-state index in [1.165, 1.54) is 11.1 Å². The van der Waals surface area contributed by atoms with Crippen molar-refractivity contribution in [2.24, 2.45) is 5.73 Å². The van der Waals surface area contributed by atoms with Gasteiger partial charge in [0.25, 0.3) is 0 Å². The van der Waals surface area contributed by atoms with Crippen LogP contribution >= 0.6 is 0 Å². The summed E-state index contributed by atoms with van der Waals surface area (Å²) in [6.45, 7) is 2.70. The molecule has 4 heteroatoms. The Morgan fingerprint density at radius 2 is 1.52 bits per heavy atom. The average molecular weight is 307 g/mol. The van der Waals surface area contributed by atoms with Crippen LogP contribution in [0.3, 0.4) is 0 Å². The molecule has 1 heterocycles. The van der Waals surface area contributed by atoms with Gasteiger partial charge in [0, 0.05) is 18.5 Å². The Labute approximate surface area is 136 Å². The maximum absolute atomic E-state index is 5.61. The summed E-state index contributed by atoms with van der Waals surface area (Å²) >= 11 is 0. The van der Waals surface area contributed by atoms with Crippen molar-refractivity contribution in [2.45, 2.75) is 32.7 Å². The number of nitrogens with two attached hydrogens (primary N) is 1. The molecule has 23 heavy (non-hydrogen) atoms. The fraction of sp³-hybridized carbons (Fsp3) is 0.263. The first-order chi connectivity index (χ1) is 11.3. The van der Waals surface area contributed by atoms with E-state index in [-0.39, 0.29) is 0 Å². The van der Waals surface area contributed by atoms with Gasteiger partial charge in [-0.1, -0.05) is 60.6 Å². The van der Waals surface area contributed by atoms with Gasteiger partial charge in [0.05, 0.1) is 0 Å². The molecule has 0 fully saturated rings. The zero-order chi connectivity index (χ0) is 16.1. The lowest BCUT2D eigenvalue weighted by molar-refractivity contribution is 0.379. The molecular formula is C19H21N3O. The number of nitrogens with zero attached hydrogens (tertiary/aromatic N) is 2. The summed E-state index contributed by atoms with van der Waals surface area (Å²) in [5, 5.41) is 4.06. The van der Waals surface area contributed by atoms with Crippen molar-refractivity contribution < 1.29 is 4.52 Å². The topological polar surface area (TPSA) is 64.9 Å². The van der Waals surface area contributed by atoms with Crippen molar-refractivity contribution >= 4 is 0 Å². The highest BCUT2D eigenvalue weighted by Gasteiger charge is 2.08. The van der Waals surface area contributed by atoms with Gasteiger partial charge in [-0.2, -0.15) is 4.98 Å². The molecule has 0 saturated heterocycles. The Kier molecular flexibility index (Phi) is 4.83. The van der Waals surface area contributed by atoms with Crippen molar-refractivity contribution in [1.29, 1.82) is 0 Å². The average Bonchev–Trinajstić information content (AvgIpc) is 3.09. The van der Waals surface area contributed by atoms with Gasteiger partial charge >= 0.3 is 0 Å². The highest BCUT2D eigenvalue weighted by molar-refractivity contribution is 5.54. The zero-order valence-electron chi connectivity index (χ0n) is 13.3. The van der Waals surface area contributed by atoms with Gasteiger partial charge in [-0.05, 0) is 29.5 Å². The van der Waals surface area contributed by atoms with E-state index in [9.17, 15) is 0 Å². The molecule has 0 aliphatic rings. The highest BCUT2D eigenvalue weighted by Crippen LogP contribution is 2.17. The Morgan fingerprint density at radius 3 is 2.17 bits per heavy atom. The molecule has 0 amide bonds. The van der Waals surface area contributed by atoms with E-state index in [1.54, 1.807) is 0 Å². The summed E-state index contributed by atoms with van der Waals surface area (Å²) in [4.78, 5) is 4.48. The molecule has 3 rings (SSSR count). The van der Waals surface area contributed by atoms with Gasteiger partial charge in [-0.3, -0.25) is 0 Å². The third-order valence-electron chi connectivity index (χ3n) is 3.97. The van der Waals surface area contributed by atoms with Crippen LogP contribution in [0.1, 0.15) is 29.5 Å². The molecule has 0 saturated carbocycles. The smallest absolute Gasteiger partial charge is 0.227 e. The molecular weight excluding hydrogens is 286 g/mol. The van der Waals surface area contributed by atoms with Gasteiger partial charge in [-0.15, -0.1) is 0 Å². The van der Waals surface area contributed by atoms with E-state index < -0.39 is 0 Å². The highest BCUT2D eigenvalue weighted by atomic mass is 16.5. The summed E-state index contributed by atoms with van der Waals surface area (Å²) in [5.41, 5.74) is 10.3. The number of hydrogen-bond acceptors (Lipinski definition) is 4. The molecule has 0 bridgehead atoms. The molecule has 0 aliphatic carbocycles. The Hall–Kier alpha value is -2.46. The molecule has 2 aromatic carbocycles. The molecule has 0 aliphatic heterocycles. The standard InChI is InChI=1S/C19H21N3O/c1-2-14-3-5-15(6-4-14)9-12-18-21-19(22-23-18)17-10-7-16(13-20)8-11-17/h3-8,10-11H,2,9,12-13,20H2,1H3. The van der Waals surface area contributed by atoms with E-state index in [1.807, 2.05) is 24.3 Å². The fourth-order valence-electron chi connectivity index (χ4n) is 2.46. The number of aromatic nitrogens is 2. The second kappa shape index (κ2) is 7.20. The number of benzene rings is 2. The summed E-state index contributed by atoms with van der Waals surface area (Å²) < 4.78 is 5.36. The van der Waals surface area contributed by atoms with Gasteiger partial charge in [0.1, 0.15) is 0 Å². The molecule has 3 aromatic rings. The molecule has 0 unspecified atom stereocenters. The van der Waals surface area contributed by atoms with Gasteiger partial charge in [0.2, 0.25) is 11.7 Å². The second-order valence-corrected chi connectivity index (χ2v) is 5.58. The molecule has 2 N–H and O–H groups in total. The van der Waals surface area contributed by atoms with Crippen LogP contribution in [0, 0.1) is 0 Å². The minimum Gasteiger partial charge on any atom is -0.339 e. The van der Waals surface area contributed by atoms with Crippen molar-refractivity contribution in [3.63, 3.8) is 0 Å². The fourth-order valence-corrected chi connectivity index (χ4v) is 2.46. The summed E-state index contributed by atoms with van der Waals surface area (Å²) in [6, 6.07) is 16.6. The normalized spacial score (nSPS) is 10.9. The lowest BCUT2D eigenvalue weighted by Crippen LogP contribution is -1.95. The van der Waals surface area contributed by atoms with Crippen LogP contribution in [0.25, 0.3) is 11.4 Å². The molecule has 0 atom stereocenters. The van der Waals surface area contributed by atoms with Crippen molar-refractivity contribution in [2.75, 3.05) is 0 Å². The molecule has 0 radical (unpaired) electrons.